The van der Waals surface area contributed by atoms with Crippen LogP contribution in [0.25, 0.3) is 0 Å². The first-order valence-electron chi connectivity index (χ1n) is 5.66. The third-order valence-electron chi connectivity index (χ3n) is 2.47. The van der Waals surface area contributed by atoms with Crippen molar-refractivity contribution in [2.24, 2.45) is 0 Å². The normalized spacial score (nSPS) is 11.7. The summed E-state index contributed by atoms with van der Waals surface area (Å²) in [6.07, 6.45) is -2.30. The fourth-order valence-electron chi connectivity index (χ4n) is 1.78. The second-order valence-electron chi connectivity index (χ2n) is 3.91. The zero-order chi connectivity index (χ0) is 12.8. The Morgan fingerprint density at radius 2 is 2.24 bits per heavy atom. The van der Waals surface area contributed by atoms with Gasteiger partial charge in [-0.05, 0) is 19.9 Å². The number of hydrogen-bond acceptors (Lipinski definition) is 2. The van der Waals surface area contributed by atoms with E-state index in [-0.39, 0.29) is 6.54 Å². The van der Waals surface area contributed by atoms with Crippen LogP contribution in [-0.4, -0.2) is 39.5 Å². The molecule has 1 aromatic rings. The number of hydrogen-bond donors (Lipinski definition) is 0. The minimum Gasteiger partial charge on any atom is -0.291 e. The molecule has 1 aromatic heterocycles. The first-order chi connectivity index (χ1) is 8.06. The van der Waals surface area contributed by atoms with E-state index in [1.165, 1.54) is 0 Å². The summed E-state index contributed by atoms with van der Waals surface area (Å²) in [6.45, 7) is 5.61. The van der Waals surface area contributed by atoms with E-state index in [4.69, 9.17) is 0 Å². The van der Waals surface area contributed by atoms with Gasteiger partial charge < -0.3 is 0 Å². The third-order valence-corrected chi connectivity index (χ3v) is 2.82. The van der Waals surface area contributed by atoms with Crippen molar-refractivity contribution >= 4 is 15.9 Å². The topological polar surface area (TPSA) is 21.1 Å². The molecule has 98 valence electrons. The molecule has 0 spiro atoms. The predicted molar refractivity (Wildman–Crippen MR) is 67.7 cm³/mol. The van der Waals surface area contributed by atoms with Crippen LogP contribution in [0.1, 0.15) is 18.3 Å². The number of halogens is 3. The van der Waals surface area contributed by atoms with Crippen LogP contribution in [0, 0.1) is 6.92 Å². The molecule has 6 heteroatoms. The smallest absolute Gasteiger partial charge is 0.251 e. The van der Waals surface area contributed by atoms with Gasteiger partial charge in [0.05, 0.1) is 17.9 Å². The highest BCUT2D eigenvalue weighted by Gasteiger charge is 2.14. The fraction of sp³-hybridized carbons (Fsp3) is 0.727. The molecule has 0 unspecified atom stereocenters. The standard InChI is InChI=1S/C11H18BrF2N3/c1-3-17-10(6-9(2)15-17)7-16(5-4-12)8-11(13)14/h6,11H,3-5,7-8H2,1-2H3. The van der Waals surface area contributed by atoms with Crippen molar-refractivity contribution < 1.29 is 8.78 Å². The third kappa shape index (κ3) is 4.71. The maximum atomic E-state index is 12.4. The summed E-state index contributed by atoms with van der Waals surface area (Å²) in [5.74, 6) is 0. The van der Waals surface area contributed by atoms with Gasteiger partial charge in [0.15, 0.2) is 0 Å². The van der Waals surface area contributed by atoms with Gasteiger partial charge in [-0.1, -0.05) is 15.9 Å². The SMILES string of the molecule is CCn1nc(C)cc1CN(CCBr)CC(F)F. The van der Waals surface area contributed by atoms with E-state index in [1.54, 1.807) is 4.90 Å². The minimum absolute atomic E-state index is 0.195. The lowest BCUT2D eigenvalue weighted by Crippen LogP contribution is -2.31. The monoisotopic (exact) mass is 309 g/mol. The Bertz CT molecular complexity index is 341. The molecule has 0 amide bonds. The van der Waals surface area contributed by atoms with Gasteiger partial charge >= 0.3 is 0 Å². The van der Waals surface area contributed by atoms with Crippen molar-refractivity contribution in [3.05, 3.63) is 17.5 Å². The van der Waals surface area contributed by atoms with Gasteiger partial charge in [-0.2, -0.15) is 5.10 Å². The second-order valence-corrected chi connectivity index (χ2v) is 4.70. The number of alkyl halides is 3. The molecule has 0 saturated heterocycles. The molecule has 3 nitrogen and oxygen atoms in total. The first-order valence-corrected chi connectivity index (χ1v) is 6.78. The van der Waals surface area contributed by atoms with Crippen LogP contribution in [0.3, 0.4) is 0 Å². The molecular weight excluding hydrogens is 292 g/mol. The van der Waals surface area contributed by atoms with Crippen molar-refractivity contribution in [3.63, 3.8) is 0 Å². The average Bonchev–Trinajstić information content (AvgIpc) is 2.58. The maximum Gasteiger partial charge on any atom is 0.251 e. The summed E-state index contributed by atoms with van der Waals surface area (Å²) in [5.41, 5.74) is 1.92. The number of rotatable bonds is 7. The highest BCUT2D eigenvalue weighted by atomic mass is 79.9. The van der Waals surface area contributed by atoms with Gasteiger partial charge in [0, 0.05) is 25.0 Å². The van der Waals surface area contributed by atoms with E-state index in [0.29, 0.717) is 18.4 Å². The Balaban J connectivity index is 2.70. The van der Waals surface area contributed by atoms with Crippen LogP contribution in [0.5, 0.6) is 0 Å². The van der Waals surface area contributed by atoms with E-state index < -0.39 is 6.43 Å². The van der Waals surface area contributed by atoms with E-state index >= 15 is 0 Å². The largest absolute Gasteiger partial charge is 0.291 e. The fourth-order valence-corrected chi connectivity index (χ4v) is 2.28. The van der Waals surface area contributed by atoms with Gasteiger partial charge in [0.2, 0.25) is 0 Å². The summed E-state index contributed by atoms with van der Waals surface area (Å²) < 4.78 is 26.7. The summed E-state index contributed by atoms with van der Waals surface area (Å²) in [6, 6.07) is 1.95. The molecule has 0 aliphatic rings. The highest BCUT2D eigenvalue weighted by molar-refractivity contribution is 9.09. The molecule has 0 radical (unpaired) electrons. The average molecular weight is 310 g/mol. The molecule has 0 saturated carbocycles. The molecule has 0 aliphatic carbocycles. The molecular formula is C11H18BrF2N3. The van der Waals surface area contributed by atoms with Crippen LogP contribution in [0.2, 0.25) is 0 Å². The molecule has 0 fully saturated rings. The molecule has 0 atom stereocenters. The Kier molecular flexibility index (Phi) is 6.05. The van der Waals surface area contributed by atoms with Gasteiger partial charge in [0.25, 0.3) is 6.43 Å². The quantitative estimate of drug-likeness (QED) is 0.722. The van der Waals surface area contributed by atoms with Crippen molar-refractivity contribution in [3.8, 4) is 0 Å². The lowest BCUT2D eigenvalue weighted by Gasteiger charge is -2.20. The van der Waals surface area contributed by atoms with Crippen LogP contribution < -0.4 is 0 Å². The van der Waals surface area contributed by atoms with Crippen LogP contribution in [-0.2, 0) is 13.1 Å². The lowest BCUT2D eigenvalue weighted by molar-refractivity contribution is 0.0868. The number of nitrogens with zero attached hydrogens (tertiary/aromatic N) is 3. The van der Waals surface area contributed by atoms with Crippen LogP contribution in [0.15, 0.2) is 6.07 Å². The lowest BCUT2D eigenvalue weighted by atomic mass is 10.3. The van der Waals surface area contributed by atoms with E-state index in [2.05, 4.69) is 21.0 Å². The summed E-state index contributed by atoms with van der Waals surface area (Å²) in [7, 11) is 0. The Labute approximate surface area is 109 Å². The van der Waals surface area contributed by atoms with Gasteiger partial charge in [-0.15, -0.1) is 0 Å². The molecule has 0 bridgehead atoms. The molecule has 0 aliphatic heterocycles. The van der Waals surface area contributed by atoms with E-state index in [1.807, 2.05) is 24.6 Å². The molecule has 0 aromatic carbocycles. The first kappa shape index (κ1) is 14.6. The summed E-state index contributed by atoms with van der Waals surface area (Å²) in [4.78, 5) is 1.74. The highest BCUT2D eigenvalue weighted by Crippen LogP contribution is 2.10. The molecule has 17 heavy (non-hydrogen) atoms. The van der Waals surface area contributed by atoms with Crippen molar-refractivity contribution in [1.82, 2.24) is 14.7 Å². The maximum absolute atomic E-state index is 12.4. The Morgan fingerprint density at radius 3 is 2.76 bits per heavy atom. The van der Waals surface area contributed by atoms with E-state index in [0.717, 1.165) is 17.9 Å². The second kappa shape index (κ2) is 7.06. The predicted octanol–water partition coefficient (Wildman–Crippen LogP) is 2.67. The van der Waals surface area contributed by atoms with Crippen molar-refractivity contribution in [2.75, 3.05) is 18.4 Å². The Hall–Kier alpha value is -0.490. The molecule has 1 heterocycles. The zero-order valence-electron chi connectivity index (χ0n) is 10.2. The molecule has 0 N–H and O–H groups in total. The minimum atomic E-state index is -2.30. The van der Waals surface area contributed by atoms with Gasteiger partial charge in [-0.25, -0.2) is 8.78 Å². The van der Waals surface area contributed by atoms with Crippen molar-refractivity contribution in [1.29, 1.82) is 0 Å². The summed E-state index contributed by atoms with van der Waals surface area (Å²) >= 11 is 3.29. The van der Waals surface area contributed by atoms with Crippen molar-refractivity contribution in [2.45, 2.75) is 33.4 Å². The number of aromatic nitrogens is 2. The van der Waals surface area contributed by atoms with Crippen LogP contribution >= 0.6 is 15.9 Å². The Morgan fingerprint density at radius 1 is 1.53 bits per heavy atom. The van der Waals surface area contributed by atoms with E-state index in [9.17, 15) is 8.78 Å². The summed E-state index contributed by atoms with van der Waals surface area (Å²) in [5, 5.41) is 5.01. The molecule has 1 rings (SSSR count). The van der Waals surface area contributed by atoms with Gasteiger partial charge in [-0.3, -0.25) is 9.58 Å². The van der Waals surface area contributed by atoms with Crippen LogP contribution in [0.4, 0.5) is 8.78 Å². The zero-order valence-corrected chi connectivity index (χ0v) is 11.8. The van der Waals surface area contributed by atoms with Gasteiger partial charge in [0.1, 0.15) is 0 Å². The number of aryl methyl sites for hydroxylation is 2.